The topological polar surface area (TPSA) is 57.7 Å². The van der Waals surface area contributed by atoms with Crippen molar-refractivity contribution in [3.8, 4) is 11.6 Å². The number of carbonyl (C=O) groups excluding carboxylic acids is 1. The van der Waals surface area contributed by atoms with Crippen LogP contribution >= 0.6 is 0 Å². The fourth-order valence-electron chi connectivity index (χ4n) is 1.42. The molecule has 1 aromatic heterocycles. The van der Waals surface area contributed by atoms with Gasteiger partial charge in [0.25, 0.3) is 6.43 Å². The Morgan fingerprint density at radius 2 is 2.06 bits per heavy atom. The van der Waals surface area contributed by atoms with Gasteiger partial charge in [0.05, 0.1) is 32.6 Å². The van der Waals surface area contributed by atoms with Crippen LogP contribution in [0.3, 0.4) is 0 Å². The third kappa shape index (κ3) is 2.66. The molecule has 0 saturated heterocycles. The van der Waals surface area contributed by atoms with Crippen molar-refractivity contribution in [1.29, 1.82) is 0 Å². The summed E-state index contributed by atoms with van der Waals surface area (Å²) >= 11 is 0. The van der Waals surface area contributed by atoms with Crippen molar-refractivity contribution in [2.75, 3.05) is 20.8 Å². The summed E-state index contributed by atoms with van der Waals surface area (Å²) in [5, 5.41) is 0. The van der Waals surface area contributed by atoms with Crippen molar-refractivity contribution in [2.24, 2.45) is 0 Å². The quantitative estimate of drug-likeness (QED) is 0.760. The van der Waals surface area contributed by atoms with Crippen molar-refractivity contribution in [3.63, 3.8) is 0 Å². The number of esters is 1. The Morgan fingerprint density at radius 3 is 2.50 bits per heavy atom. The van der Waals surface area contributed by atoms with Gasteiger partial charge in [-0.3, -0.25) is 0 Å². The Hall–Kier alpha value is -1.92. The summed E-state index contributed by atoms with van der Waals surface area (Å²) in [4.78, 5) is 15.4. The number of hydrogen-bond donors (Lipinski definition) is 0. The average Bonchev–Trinajstić information content (AvgIpc) is 2.36. The van der Waals surface area contributed by atoms with Gasteiger partial charge in [-0.25, -0.2) is 18.6 Å². The Bertz CT molecular complexity index is 437. The van der Waals surface area contributed by atoms with Crippen LogP contribution in [0.1, 0.15) is 29.3 Å². The van der Waals surface area contributed by atoms with Crippen molar-refractivity contribution < 1.29 is 27.8 Å². The normalized spacial score (nSPS) is 10.3. The summed E-state index contributed by atoms with van der Waals surface area (Å²) in [6, 6.07) is 0. The zero-order valence-corrected chi connectivity index (χ0v) is 10.2. The molecular weight excluding hydrogens is 248 g/mol. The molecule has 0 aliphatic rings. The molecule has 1 aromatic rings. The van der Waals surface area contributed by atoms with Crippen LogP contribution in [-0.4, -0.2) is 31.8 Å². The number of ether oxygens (including phenoxy) is 3. The number of alkyl halides is 2. The van der Waals surface area contributed by atoms with E-state index in [4.69, 9.17) is 14.2 Å². The first-order chi connectivity index (χ1) is 8.56. The van der Waals surface area contributed by atoms with Gasteiger partial charge < -0.3 is 14.2 Å². The van der Waals surface area contributed by atoms with E-state index >= 15 is 0 Å². The van der Waals surface area contributed by atoms with E-state index in [1.165, 1.54) is 14.2 Å². The van der Waals surface area contributed by atoms with Gasteiger partial charge in [-0.1, -0.05) is 0 Å². The molecule has 0 radical (unpaired) electrons. The second-order valence-corrected chi connectivity index (χ2v) is 3.15. The lowest BCUT2D eigenvalue weighted by Crippen LogP contribution is -2.13. The van der Waals surface area contributed by atoms with Gasteiger partial charge in [0, 0.05) is 0 Å². The lowest BCUT2D eigenvalue weighted by atomic mass is 10.1. The molecule has 0 fully saturated rings. The number of rotatable bonds is 5. The maximum absolute atomic E-state index is 13.0. The van der Waals surface area contributed by atoms with E-state index in [9.17, 15) is 13.6 Å². The first-order valence-electron chi connectivity index (χ1n) is 5.12. The van der Waals surface area contributed by atoms with Crippen LogP contribution in [0.15, 0.2) is 6.20 Å². The van der Waals surface area contributed by atoms with Crippen LogP contribution in [0.5, 0.6) is 11.6 Å². The predicted octanol–water partition coefficient (Wildman–Crippen LogP) is 2.21. The molecule has 18 heavy (non-hydrogen) atoms. The third-order valence-corrected chi connectivity index (χ3v) is 2.16. The maximum Gasteiger partial charge on any atom is 0.344 e. The molecule has 1 heterocycles. The number of carbonyl (C=O) groups is 1. The molecule has 0 saturated carbocycles. The highest BCUT2D eigenvalue weighted by Crippen LogP contribution is 2.36. The largest absolute Gasteiger partial charge is 0.495 e. The van der Waals surface area contributed by atoms with Crippen LogP contribution in [0.25, 0.3) is 0 Å². The number of pyridine rings is 1. The SMILES string of the molecule is CCOC(=O)c1c(OC)ncc(OC)c1C(F)F. The smallest absolute Gasteiger partial charge is 0.344 e. The number of halogens is 2. The third-order valence-electron chi connectivity index (χ3n) is 2.16. The van der Waals surface area contributed by atoms with Gasteiger partial charge in [-0.15, -0.1) is 0 Å². The molecule has 0 N–H and O–H groups in total. The van der Waals surface area contributed by atoms with Gasteiger partial charge in [0.2, 0.25) is 5.88 Å². The molecule has 0 aromatic carbocycles. The number of methoxy groups -OCH3 is 2. The van der Waals surface area contributed by atoms with Gasteiger partial charge in [-0.05, 0) is 6.92 Å². The highest BCUT2D eigenvalue weighted by Gasteiger charge is 2.29. The van der Waals surface area contributed by atoms with E-state index in [1.54, 1.807) is 6.92 Å². The standard InChI is InChI=1S/C11H13F2NO4/c1-4-18-11(15)8-7(9(12)13)6(16-2)5-14-10(8)17-3/h5,9H,4H2,1-3H3. The minimum Gasteiger partial charge on any atom is -0.495 e. The first-order valence-corrected chi connectivity index (χ1v) is 5.12. The van der Waals surface area contributed by atoms with Crippen LogP contribution in [0, 0.1) is 0 Å². The molecule has 0 aliphatic carbocycles. The zero-order chi connectivity index (χ0) is 13.7. The van der Waals surface area contributed by atoms with Crippen molar-refractivity contribution in [3.05, 3.63) is 17.3 Å². The average molecular weight is 261 g/mol. The summed E-state index contributed by atoms with van der Waals surface area (Å²) in [5.41, 5.74) is -0.989. The van der Waals surface area contributed by atoms with E-state index in [2.05, 4.69) is 4.98 Å². The molecule has 5 nitrogen and oxygen atoms in total. The van der Waals surface area contributed by atoms with E-state index in [1.807, 2.05) is 0 Å². The minimum atomic E-state index is -2.91. The van der Waals surface area contributed by atoms with Crippen molar-refractivity contribution in [2.45, 2.75) is 13.3 Å². The molecule has 0 unspecified atom stereocenters. The molecule has 100 valence electrons. The molecular formula is C11H13F2NO4. The highest BCUT2D eigenvalue weighted by molar-refractivity contribution is 5.94. The van der Waals surface area contributed by atoms with Gasteiger partial charge in [0.15, 0.2) is 0 Å². The van der Waals surface area contributed by atoms with Crippen molar-refractivity contribution >= 4 is 5.97 Å². The first kappa shape index (κ1) is 14.1. The molecule has 0 atom stereocenters. The Labute approximate surface area is 103 Å². The highest BCUT2D eigenvalue weighted by atomic mass is 19.3. The molecule has 7 heteroatoms. The molecule has 1 rings (SSSR count). The number of hydrogen-bond acceptors (Lipinski definition) is 5. The summed E-state index contributed by atoms with van der Waals surface area (Å²) in [5.74, 6) is -1.32. The van der Waals surface area contributed by atoms with E-state index in [0.717, 1.165) is 6.20 Å². The summed E-state index contributed by atoms with van der Waals surface area (Å²) in [6.07, 6.45) is -1.83. The lowest BCUT2D eigenvalue weighted by molar-refractivity contribution is 0.0508. The molecule has 0 spiro atoms. The Kier molecular flexibility index (Phi) is 4.82. The van der Waals surface area contributed by atoms with Gasteiger partial charge in [-0.2, -0.15) is 0 Å². The van der Waals surface area contributed by atoms with E-state index < -0.39 is 23.5 Å². The Morgan fingerprint density at radius 1 is 1.39 bits per heavy atom. The van der Waals surface area contributed by atoms with Crippen molar-refractivity contribution in [1.82, 2.24) is 4.98 Å². The summed E-state index contributed by atoms with van der Waals surface area (Å²) < 4.78 is 40.3. The number of aromatic nitrogens is 1. The van der Waals surface area contributed by atoms with Crippen LogP contribution in [-0.2, 0) is 4.74 Å². The minimum absolute atomic E-state index is 0.0574. The molecule has 0 bridgehead atoms. The summed E-state index contributed by atoms with van der Waals surface area (Å²) in [7, 11) is 2.44. The molecule has 0 amide bonds. The van der Waals surface area contributed by atoms with Crippen LogP contribution in [0.4, 0.5) is 8.78 Å². The number of nitrogens with zero attached hydrogens (tertiary/aromatic N) is 1. The fraction of sp³-hybridized carbons (Fsp3) is 0.455. The Balaban J connectivity index is 3.45. The van der Waals surface area contributed by atoms with E-state index in [-0.39, 0.29) is 18.2 Å². The lowest BCUT2D eigenvalue weighted by Gasteiger charge is -2.14. The predicted molar refractivity (Wildman–Crippen MR) is 58.3 cm³/mol. The second kappa shape index (κ2) is 6.13. The van der Waals surface area contributed by atoms with Gasteiger partial charge >= 0.3 is 5.97 Å². The van der Waals surface area contributed by atoms with Gasteiger partial charge in [0.1, 0.15) is 11.3 Å². The second-order valence-electron chi connectivity index (χ2n) is 3.15. The maximum atomic E-state index is 13.0. The van der Waals surface area contributed by atoms with Crippen LogP contribution in [0.2, 0.25) is 0 Å². The van der Waals surface area contributed by atoms with Crippen LogP contribution < -0.4 is 9.47 Å². The molecule has 0 aliphatic heterocycles. The fourth-order valence-corrected chi connectivity index (χ4v) is 1.42. The monoisotopic (exact) mass is 261 g/mol. The zero-order valence-electron chi connectivity index (χ0n) is 10.2. The van der Waals surface area contributed by atoms with E-state index in [0.29, 0.717) is 0 Å². The summed E-state index contributed by atoms with van der Waals surface area (Å²) in [6.45, 7) is 1.63.